The van der Waals surface area contributed by atoms with Crippen LogP contribution in [0.15, 0.2) is 28.7 Å². The third-order valence-electron chi connectivity index (χ3n) is 3.19. The molecule has 0 aliphatic carbocycles. The summed E-state index contributed by atoms with van der Waals surface area (Å²) < 4.78 is 25.7. The number of hydrogen-bond donors (Lipinski definition) is 1. The average molecular weight is 391 g/mol. The molecule has 7 heteroatoms. The summed E-state index contributed by atoms with van der Waals surface area (Å²) in [4.78, 5) is 11.9. The predicted molar refractivity (Wildman–Crippen MR) is 92.2 cm³/mol. The minimum Gasteiger partial charge on any atom is -0.354 e. The maximum atomic E-state index is 11.9. The van der Waals surface area contributed by atoms with Crippen LogP contribution in [0.3, 0.4) is 0 Å². The number of rotatable bonds is 9. The lowest BCUT2D eigenvalue weighted by atomic mass is 10.1. The average Bonchev–Trinajstić information content (AvgIpc) is 2.43. The van der Waals surface area contributed by atoms with E-state index in [2.05, 4.69) is 21.2 Å². The quantitative estimate of drug-likeness (QED) is 0.702. The molecule has 124 valence electrons. The summed E-state index contributed by atoms with van der Waals surface area (Å²) in [5.74, 6) is -0.105. The molecule has 0 atom stereocenters. The van der Waals surface area contributed by atoms with E-state index in [0.29, 0.717) is 26.1 Å². The Morgan fingerprint density at radius 3 is 2.41 bits per heavy atom. The second-order valence-electron chi connectivity index (χ2n) is 5.17. The smallest absolute Gasteiger partial charge is 0.224 e. The zero-order chi connectivity index (χ0) is 16.6. The highest BCUT2D eigenvalue weighted by Crippen LogP contribution is 2.10. The number of carbonyl (C=O) groups excluding carboxylic acids is 1. The van der Waals surface area contributed by atoms with Gasteiger partial charge in [0, 0.05) is 24.1 Å². The first-order valence-corrected chi connectivity index (χ1v) is 9.93. The number of amides is 1. The van der Waals surface area contributed by atoms with E-state index in [1.807, 2.05) is 31.2 Å². The molecular formula is C15H23BrN2O3S. The van der Waals surface area contributed by atoms with Gasteiger partial charge in [-0.2, -0.15) is 0 Å². The minimum atomic E-state index is -3.22. The molecule has 0 heterocycles. The SMILES string of the molecule is CCCCN(CCNC(=O)Cc1ccc(Br)cc1)S(C)(=O)=O. The highest BCUT2D eigenvalue weighted by atomic mass is 79.9. The molecule has 1 aromatic rings. The van der Waals surface area contributed by atoms with E-state index in [-0.39, 0.29) is 5.91 Å². The summed E-state index contributed by atoms with van der Waals surface area (Å²) in [6.45, 7) is 3.15. The second-order valence-corrected chi connectivity index (χ2v) is 8.07. The van der Waals surface area contributed by atoms with Crippen molar-refractivity contribution in [3.8, 4) is 0 Å². The molecule has 0 radical (unpaired) electrons. The number of sulfonamides is 1. The minimum absolute atomic E-state index is 0.105. The van der Waals surface area contributed by atoms with Crippen molar-refractivity contribution in [3.05, 3.63) is 34.3 Å². The lowest BCUT2D eigenvalue weighted by Gasteiger charge is -2.19. The number of hydrogen-bond acceptors (Lipinski definition) is 3. The summed E-state index contributed by atoms with van der Waals surface area (Å²) >= 11 is 3.35. The molecule has 1 rings (SSSR count). The first kappa shape index (κ1) is 19.1. The molecule has 0 saturated carbocycles. The van der Waals surface area contributed by atoms with Crippen LogP contribution in [0.1, 0.15) is 25.3 Å². The fourth-order valence-electron chi connectivity index (χ4n) is 1.95. The van der Waals surface area contributed by atoms with Crippen molar-refractivity contribution in [2.24, 2.45) is 0 Å². The van der Waals surface area contributed by atoms with E-state index >= 15 is 0 Å². The number of carbonyl (C=O) groups is 1. The van der Waals surface area contributed by atoms with Gasteiger partial charge in [-0.1, -0.05) is 41.4 Å². The number of halogens is 1. The highest BCUT2D eigenvalue weighted by molar-refractivity contribution is 9.10. The van der Waals surface area contributed by atoms with Crippen molar-refractivity contribution in [2.45, 2.75) is 26.2 Å². The third-order valence-corrected chi connectivity index (χ3v) is 5.02. The summed E-state index contributed by atoms with van der Waals surface area (Å²) in [6.07, 6.45) is 3.25. The Hall–Kier alpha value is -0.920. The highest BCUT2D eigenvalue weighted by Gasteiger charge is 2.15. The van der Waals surface area contributed by atoms with Gasteiger partial charge in [0.15, 0.2) is 0 Å². The van der Waals surface area contributed by atoms with Gasteiger partial charge in [0.1, 0.15) is 0 Å². The molecule has 1 aromatic carbocycles. The molecule has 1 N–H and O–H groups in total. The number of unbranched alkanes of at least 4 members (excludes halogenated alkanes) is 1. The van der Waals surface area contributed by atoms with E-state index in [9.17, 15) is 13.2 Å². The molecule has 0 bridgehead atoms. The summed E-state index contributed by atoms with van der Waals surface area (Å²) in [5, 5.41) is 2.77. The normalized spacial score (nSPS) is 11.6. The van der Waals surface area contributed by atoms with Crippen LogP contribution in [0.25, 0.3) is 0 Å². The molecule has 0 unspecified atom stereocenters. The Bertz CT molecular complexity index is 573. The van der Waals surface area contributed by atoms with Crippen LogP contribution in [-0.4, -0.2) is 44.5 Å². The monoisotopic (exact) mass is 390 g/mol. The maximum Gasteiger partial charge on any atom is 0.224 e. The van der Waals surface area contributed by atoms with Crippen molar-refractivity contribution in [3.63, 3.8) is 0 Å². The Morgan fingerprint density at radius 1 is 1.23 bits per heavy atom. The molecule has 0 aliphatic rings. The van der Waals surface area contributed by atoms with Crippen LogP contribution in [0.4, 0.5) is 0 Å². The number of nitrogens with one attached hydrogen (secondary N) is 1. The molecule has 0 saturated heterocycles. The predicted octanol–water partition coefficient (Wildman–Crippen LogP) is 2.17. The number of benzene rings is 1. The van der Waals surface area contributed by atoms with Gasteiger partial charge in [0.25, 0.3) is 0 Å². The van der Waals surface area contributed by atoms with Gasteiger partial charge in [-0.15, -0.1) is 0 Å². The Labute approximate surface area is 141 Å². The van der Waals surface area contributed by atoms with Crippen LogP contribution in [0, 0.1) is 0 Å². The Morgan fingerprint density at radius 2 is 1.86 bits per heavy atom. The van der Waals surface area contributed by atoms with E-state index in [0.717, 1.165) is 22.9 Å². The van der Waals surface area contributed by atoms with Crippen molar-refractivity contribution in [2.75, 3.05) is 25.9 Å². The third kappa shape index (κ3) is 7.38. The van der Waals surface area contributed by atoms with Crippen molar-refractivity contribution in [1.29, 1.82) is 0 Å². The molecule has 5 nitrogen and oxygen atoms in total. The first-order valence-electron chi connectivity index (χ1n) is 7.29. The van der Waals surface area contributed by atoms with E-state index < -0.39 is 10.0 Å². The topological polar surface area (TPSA) is 66.5 Å². The van der Waals surface area contributed by atoms with Crippen LogP contribution in [0.5, 0.6) is 0 Å². The standard InChI is InChI=1S/C15H23BrN2O3S/c1-3-4-10-18(22(2,20)21)11-9-17-15(19)12-13-5-7-14(16)8-6-13/h5-8H,3-4,9-12H2,1-2H3,(H,17,19). The summed E-state index contributed by atoms with van der Waals surface area (Å²) in [7, 11) is -3.22. The van der Waals surface area contributed by atoms with Gasteiger partial charge >= 0.3 is 0 Å². The number of nitrogens with zero attached hydrogens (tertiary/aromatic N) is 1. The fraction of sp³-hybridized carbons (Fsp3) is 0.533. The van der Waals surface area contributed by atoms with Gasteiger partial charge in [-0.05, 0) is 24.1 Å². The van der Waals surface area contributed by atoms with Gasteiger partial charge in [0.2, 0.25) is 15.9 Å². The van der Waals surface area contributed by atoms with Gasteiger partial charge in [-0.3, -0.25) is 4.79 Å². The Balaban J connectivity index is 2.40. The van der Waals surface area contributed by atoms with Crippen LogP contribution >= 0.6 is 15.9 Å². The molecule has 0 aromatic heterocycles. The van der Waals surface area contributed by atoms with Gasteiger partial charge in [0.05, 0.1) is 12.7 Å². The zero-order valence-corrected chi connectivity index (χ0v) is 15.4. The molecule has 22 heavy (non-hydrogen) atoms. The zero-order valence-electron chi connectivity index (χ0n) is 13.0. The molecule has 0 aliphatic heterocycles. The van der Waals surface area contributed by atoms with E-state index in [1.54, 1.807) is 0 Å². The van der Waals surface area contributed by atoms with Crippen molar-refractivity contribution >= 4 is 31.9 Å². The summed E-state index contributed by atoms with van der Waals surface area (Å²) in [6, 6.07) is 7.54. The van der Waals surface area contributed by atoms with Crippen molar-refractivity contribution < 1.29 is 13.2 Å². The maximum absolute atomic E-state index is 11.9. The van der Waals surface area contributed by atoms with Gasteiger partial charge < -0.3 is 5.32 Å². The van der Waals surface area contributed by atoms with Crippen LogP contribution in [-0.2, 0) is 21.2 Å². The first-order chi connectivity index (χ1) is 10.3. The van der Waals surface area contributed by atoms with E-state index in [4.69, 9.17) is 0 Å². The molecule has 1 amide bonds. The van der Waals surface area contributed by atoms with Gasteiger partial charge in [-0.25, -0.2) is 12.7 Å². The molecule has 0 fully saturated rings. The van der Waals surface area contributed by atoms with E-state index in [1.165, 1.54) is 10.6 Å². The Kier molecular flexibility index (Phi) is 8.06. The van der Waals surface area contributed by atoms with Crippen LogP contribution < -0.4 is 5.32 Å². The lowest BCUT2D eigenvalue weighted by Crippen LogP contribution is -2.39. The summed E-state index contributed by atoms with van der Waals surface area (Å²) in [5.41, 5.74) is 0.923. The largest absolute Gasteiger partial charge is 0.354 e. The molecular weight excluding hydrogens is 368 g/mol. The lowest BCUT2D eigenvalue weighted by molar-refractivity contribution is -0.120. The molecule has 0 spiro atoms. The second kappa shape index (κ2) is 9.27. The fourth-order valence-corrected chi connectivity index (χ4v) is 3.10. The van der Waals surface area contributed by atoms with Crippen LogP contribution in [0.2, 0.25) is 0 Å². The van der Waals surface area contributed by atoms with Crippen molar-refractivity contribution in [1.82, 2.24) is 9.62 Å².